The first-order chi connectivity index (χ1) is 10.4. The van der Waals surface area contributed by atoms with E-state index in [1.807, 2.05) is 6.92 Å². The van der Waals surface area contributed by atoms with E-state index in [4.69, 9.17) is 14.0 Å². The van der Waals surface area contributed by atoms with Crippen LogP contribution in [-0.2, 0) is 50.1 Å². The van der Waals surface area contributed by atoms with Crippen molar-refractivity contribution < 1.29 is 50.1 Å². The summed E-state index contributed by atoms with van der Waals surface area (Å²) in [5.74, 6) is -1.56. The van der Waals surface area contributed by atoms with E-state index in [-0.39, 0.29) is 23.0 Å². The summed E-state index contributed by atoms with van der Waals surface area (Å²) < 4.78 is 31.6. The van der Waals surface area contributed by atoms with Crippen molar-refractivity contribution >= 4 is 11.9 Å². The summed E-state index contributed by atoms with van der Waals surface area (Å²) in [7, 11) is 2.49. The third-order valence-corrected chi connectivity index (χ3v) is 2.12. The molecule has 0 heterocycles. The SMILES string of the molecule is [C-]#[O+].[C-]#[O+].[C-]#[O+].[CH2][C](C)[CH][CH][C@@H](C)C(C(=O)OC)C(=O)OC.[Fe]. The molecule has 0 bridgehead atoms. The molecule has 0 aromatic heterocycles. The van der Waals surface area contributed by atoms with Gasteiger partial charge in [-0.3, -0.25) is 9.59 Å². The minimum Gasteiger partial charge on any atom is -0.468 e. The molecule has 0 aromatic carbocycles. The van der Waals surface area contributed by atoms with Gasteiger partial charge in [-0.1, -0.05) is 13.8 Å². The largest absolute Gasteiger partial charge is 0.468 e. The van der Waals surface area contributed by atoms with Crippen LogP contribution in [-0.4, -0.2) is 26.2 Å². The molecule has 0 aromatic rings. The normalized spacial score (nSPS) is 9.09. The van der Waals surface area contributed by atoms with Crippen LogP contribution in [0.5, 0.6) is 0 Å². The van der Waals surface area contributed by atoms with E-state index in [0.717, 1.165) is 5.92 Å². The quantitative estimate of drug-likeness (QED) is 0.232. The second kappa shape index (κ2) is 25.6. The van der Waals surface area contributed by atoms with Crippen LogP contribution in [0.1, 0.15) is 13.8 Å². The fourth-order valence-corrected chi connectivity index (χ4v) is 1.21. The first-order valence-corrected chi connectivity index (χ1v) is 5.54. The van der Waals surface area contributed by atoms with Crippen molar-refractivity contribution in [1.29, 1.82) is 0 Å². The van der Waals surface area contributed by atoms with E-state index >= 15 is 0 Å². The predicted molar refractivity (Wildman–Crippen MR) is 71.3 cm³/mol. The summed E-state index contributed by atoms with van der Waals surface area (Å²) in [4.78, 5) is 22.8. The second-order valence-electron chi connectivity index (χ2n) is 3.59. The van der Waals surface area contributed by atoms with Crippen molar-refractivity contribution in [2.75, 3.05) is 14.2 Å². The fourth-order valence-electron chi connectivity index (χ4n) is 1.21. The van der Waals surface area contributed by atoms with E-state index in [0.29, 0.717) is 0 Å². The summed E-state index contributed by atoms with van der Waals surface area (Å²) in [5.41, 5.74) is 0. The molecule has 4 radical (unpaired) electrons. The van der Waals surface area contributed by atoms with Crippen molar-refractivity contribution in [3.63, 3.8) is 0 Å². The van der Waals surface area contributed by atoms with Gasteiger partial charge in [-0.05, 0) is 31.6 Å². The van der Waals surface area contributed by atoms with E-state index in [2.05, 4.69) is 36.3 Å². The van der Waals surface area contributed by atoms with Gasteiger partial charge in [-0.15, -0.1) is 0 Å². The van der Waals surface area contributed by atoms with Crippen molar-refractivity contribution in [3.8, 4) is 0 Å². The van der Waals surface area contributed by atoms with Crippen LogP contribution in [0.15, 0.2) is 0 Å². The van der Waals surface area contributed by atoms with Gasteiger partial charge < -0.3 is 9.47 Å². The summed E-state index contributed by atoms with van der Waals surface area (Å²) >= 11 is 0. The van der Waals surface area contributed by atoms with E-state index in [9.17, 15) is 9.59 Å². The maximum absolute atomic E-state index is 11.4. The molecule has 23 heavy (non-hydrogen) atoms. The van der Waals surface area contributed by atoms with Crippen LogP contribution in [0.25, 0.3) is 0 Å². The monoisotopic (exact) mass is 366 g/mol. The molecule has 0 fully saturated rings. The zero-order valence-corrected chi connectivity index (χ0v) is 14.3. The molecule has 0 saturated carbocycles. The Morgan fingerprint density at radius 3 is 1.52 bits per heavy atom. The Hall–Kier alpha value is -1.32. The van der Waals surface area contributed by atoms with Crippen LogP contribution in [0.4, 0.5) is 0 Å². The van der Waals surface area contributed by atoms with Gasteiger partial charge in [0, 0.05) is 17.1 Å². The number of carbonyl (C=O) groups excluding carboxylic acids is 2. The molecule has 1 atom stereocenters. The van der Waals surface area contributed by atoms with Gasteiger partial charge in [-0.25, -0.2) is 0 Å². The van der Waals surface area contributed by atoms with Gasteiger partial charge in [-0.2, -0.15) is 0 Å². The number of ether oxygens (including phenoxy) is 2. The second-order valence-corrected chi connectivity index (χ2v) is 3.59. The van der Waals surface area contributed by atoms with Crippen molar-refractivity contribution in [2.24, 2.45) is 11.8 Å². The Labute approximate surface area is 148 Å². The molecule has 128 valence electrons. The van der Waals surface area contributed by atoms with Crippen molar-refractivity contribution in [1.82, 2.24) is 0 Å². The maximum atomic E-state index is 11.4. The van der Waals surface area contributed by atoms with Gasteiger partial charge in [0.05, 0.1) is 14.2 Å². The third kappa shape index (κ3) is 18.6. The Kier molecular flexibility index (Phi) is 37.1. The predicted octanol–water partition coefficient (Wildman–Crippen LogP) is 1.31. The van der Waals surface area contributed by atoms with Gasteiger partial charge in [0.25, 0.3) is 0 Å². The first kappa shape index (κ1) is 33.3. The number of hydrogen-bond acceptors (Lipinski definition) is 4. The Morgan fingerprint density at radius 2 is 1.30 bits per heavy atom. The Balaban J connectivity index is -0.000000137. The number of rotatable bonds is 6. The smallest absolute Gasteiger partial charge is 0.320 e. The average molecular weight is 366 g/mol. The standard InChI is InChI=1S/C12H18O4.3CO.Fe/c1-8(2)6-7-9(3)10(11(13)15-4)12(14)16-5;3*1-2;/h6-7,9-10H,1H2,2-5H3;;;;/t9-;;;;/m1..../s1. The van der Waals surface area contributed by atoms with Crippen molar-refractivity contribution in [2.45, 2.75) is 13.8 Å². The van der Waals surface area contributed by atoms with Crippen LogP contribution in [0, 0.1) is 57.5 Å². The summed E-state index contributed by atoms with van der Waals surface area (Å²) in [6.07, 6.45) is 3.49. The average Bonchev–Trinajstić information content (AvgIpc) is 2.58. The van der Waals surface area contributed by atoms with Gasteiger partial charge in [0.1, 0.15) is 0 Å². The van der Waals surface area contributed by atoms with Crippen LogP contribution in [0.2, 0.25) is 0 Å². The molecule has 0 saturated heterocycles. The molecular formula is C15H18FeO7. The van der Waals surface area contributed by atoms with Crippen LogP contribution >= 0.6 is 0 Å². The molecule has 0 aliphatic heterocycles. The molecule has 7 nitrogen and oxygen atoms in total. The Bertz CT molecular complexity index is 317. The summed E-state index contributed by atoms with van der Waals surface area (Å²) in [6, 6.07) is 0. The van der Waals surface area contributed by atoms with Gasteiger partial charge in [0.2, 0.25) is 0 Å². The summed E-state index contributed by atoms with van der Waals surface area (Å²) in [6.45, 7) is 20.8. The maximum Gasteiger partial charge on any atom is 0.320 e. The van der Waals surface area contributed by atoms with E-state index < -0.39 is 17.9 Å². The Morgan fingerprint density at radius 1 is 1.00 bits per heavy atom. The molecular weight excluding hydrogens is 348 g/mol. The zero-order chi connectivity index (χ0) is 18.7. The number of hydrogen-bond donors (Lipinski definition) is 0. The molecule has 8 heteroatoms. The van der Waals surface area contributed by atoms with E-state index in [1.54, 1.807) is 19.8 Å². The molecule has 0 rings (SSSR count). The minimum atomic E-state index is -0.925. The van der Waals surface area contributed by atoms with Gasteiger partial charge in [0.15, 0.2) is 5.92 Å². The topological polar surface area (TPSA) is 112 Å². The minimum absolute atomic E-state index is 0. The van der Waals surface area contributed by atoms with Crippen LogP contribution in [0.3, 0.4) is 0 Å². The third-order valence-electron chi connectivity index (χ3n) is 2.12. The first-order valence-electron chi connectivity index (χ1n) is 5.54. The number of esters is 2. The number of methoxy groups -OCH3 is 2. The molecule has 0 aliphatic rings. The van der Waals surface area contributed by atoms with Crippen molar-refractivity contribution in [3.05, 3.63) is 45.6 Å². The van der Waals surface area contributed by atoms with Gasteiger partial charge >= 0.3 is 45.8 Å². The molecule has 0 amide bonds. The van der Waals surface area contributed by atoms with Crippen LogP contribution < -0.4 is 0 Å². The number of carbonyl (C=O) groups is 2. The molecule has 0 aliphatic carbocycles. The van der Waals surface area contributed by atoms with E-state index in [1.165, 1.54) is 14.2 Å². The zero-order valence-electron chi connectivity index (χ0n) is 13.2. The molecule has 0 N–H and O–H groups in total. The summed E-state index contributed by atoms with van der Waals surface area (Å²) in [5, 5.41) is 0. The fraction of sp³-hybridized carbons (Fsp3) is 0.400. The molecule has 0 spiro atoms. The molecule has 0 unspecified atom stereocenters.